The molecule has 1 heterocycles. The lowest BCUT2D eigenvalue weighted by Crippen LogP contribution is -2.40. The number of hydrogen-bond donors (Lipinski definition) is 2. The molecule has 9 nitrogen and oxygen atoms in total. The minimum atomic E-state index is -1.02. The quantitative estimate of drug-likeness (QED) is 0.564. The van der Waals surface area contributed by atoms with Gasteiger partial charge in [0.15, 0.2) is 0 Å². The van der Waals surface area contributed by atoms with Crippen LogP contribution in [0.25, 0.3) is 0 Å². The van der Waals surface area contributed by atoms with Gasteiger partial charge >= 0.3 is 5.97 Å². The van der Waals surface area contributed by atoms with Crippen molar-refractivity contribution >= 4 is 29.4 Å². The van der Waals surface area contributed by atoms with Crippen LogP contribution in [-0.2, 0) is 4.74 Å². The molecule has 164 valence electrons. The maximum absolute atomic E-state index is 12.8. The Morgan fingerprint density at radius 3 is 2.48 bits per heavy atom. The molecule has 0 aromatic heterocycles. The normalized spacial score (nSPS) is 16.7. The largest absolute Gasteiger partial charge is 0.488 e. The zero-order valence-electron chi connectivity index (χ0n) is 17.3. The number of aliphatic imine (C=N–C) groups is 1. The van der Waals surface area contributed by atoms with Gasteiger partial charge in [0.1, 0.15) is 29.5 Å². The number of aromatic carboxylic acids is 1. The molecule has 1 amide bonds. The van der Waals surface area contributed by atoms with E-state index < -0.39 is 5.97 Å². The van der Waals surface area contributed by atoms with Crippen molar-refractivity contribution in [2.45, 2.75) is 26.1 Å². The van der Waals surface area contributed by atoms with Gasteiger partial charge in [-0.25, -0.2) is 4.79 Å². The van der Waals surface area contributed by atoms with Crippen LogP contribution in [0.5, 0.6) is 17.2 Å². The van der Waals surface area contributed by atoms with Gasteiger partial charge in [0.2, 0.25) is 0 Å². The van der Waals surface area contributed by atoms with Crippen molar-refractivity contribution < 1.29 is 28.9 Å². The molecule has 2 aromatic rings. The standard InChI is InChI=1S/C21H23N3O6S/c1-13(11-28-3)29-18-8-16(20(25)23-24-14(2)22-12-31-24)9-19(10-18)30-17-6-4-15(5-7-17)21(26)27/h4-10,12-14H,11H2,1-3H3,(H,23,25)(H,26,27)/t13-,14?/m0/s1. The minimum absolute atomic E-state index is 0.150. The Balaban J connectivity index is 1.83. The average Bonchev–Trinajstić information content (AvgIpc) is 3.12. The first kappa shape index (κ1) is 22.6. The summed E-state index contributed by atoms with van der Waals surface area (Å²) in [4.78, 5) is 28.0. The van der Waals surface area contributed by atoms with E-state index in [-0.39, 0.29) is 23.7 Å². The van der Waals surface area contributed by atoms with E-state index in [2.05, 4.69) is 10.4 Å². The van der Waals surface area contributed by atoms with Crippen LogP contribution in [0, 0.1) is 0 Å². The number of carboxylic acid groups (broad SMARTS) is 1. The molecule has 3 rings (SSSR count). The number of carbonyl (C=O) groups excluding carboxylic acids is 1. The summed E-state index contributed by atoms with van der Waals surface area (Å²) in [6.45, 7) is 4.09. The summed E-state index contributed by atoms with van der Waals surface area (Å²) in [5.74, 6) is -0.135. The summed E-state index contributed by atoms with van der Waals surface area (Å²) >= 11 is 1.29. The fourth-order valence-corrected chi connectivity index (χ4v) is 3.43. The molecule has 31 heavy (non-hydrogen) atoms. The third-order valence-electron chi connectivity index (χ3n) is 4.21. The summed E-state index contributed by atoms with van der Waals surface area (Å²) < 4.78 is 18.4. The first-order valence-corrected chi connectivity index (χ1v) is 10.3. The molecule has 10 heteroatoms. The van der Waals surface area contributed by atoms with Gasteiger partial charge in [-0.1, -0.05) is 0 Å². The Bertz CT molecular complexity index is 966. The van der Waals surface area contributed by atoms with E-state index in [1.165, 1.54) is 24.1 Å². The maximum atomic E-state index is 12.8. The van der Waals surface area contributed by atoms with Crippen LogP contribution in [0.15, 0.2) is 47.5 Å². The molecule has 0 saturated carbocycles. The molecular formula is C21H23N3O6S. The molecule has 0 spiro atoms. The van der Waals surface area contributed by atoms with E-state index >= 15 is 0 Å². The number of carboxylic acids is 1. The van der Waals surface area contributed by atoms with E-state index in [0.29, 0.717) is 29.4 Å². The summed E-state index contributed by atoms with van der Waals surface area (Å²) in [6, 6.07) is 10.8. The smallest absolute Gasteiger partial charge is 0.335 e. The van der Waals surface area contributed by atoms with Crippen LogP contribution in [0.3, 0.4) is 0 Å². The van der Waals surface area contributed by atoms with E-state index in [0.717, 1.165) is 0 Å². The summed E-state index contributed by atoms with van der Waals surface area (Å²) in [5, 5.41) is 9.04. The highest BCUT2D eigenvalue weighted by atomic mass is 32.2. The molecule has 2 N–H and O–H groups in total. The summed E-state index contributed by atoms with van der Waals surface area (Å²) in [5.41, 5.74) is 4.93. The predicted molar refractivity (Wildman–Crippen MR) is 117 cm³/mol. The first-order chi connectivity index (χ1) is 14.9. The van der Waals surface area contributed by atoms with Crippen molar-refractivity contribution in [3.63, 3.8) is 0 Å². The number of benzene rings is 2. The zero-order chi connectivity index (χ0) is 22.4. The number of hydrogen-bond acceptors (Lipinski definition) is 8. The van der Waals surface area contributed by atoms with Gasteiger partial charge in [0.25, 0.3) is 5.91 Å². The second-order valence-corrected chi connectivity index (χ2v) is 7.58. The number of hydrazine groups is 1. The summed E-state index contributed by atoms with van der Waals surface area (Å²) in [6.07, 6.45) is -0.424. The van der Waals surface area contributed by atoms with Gasteiger partial charge < -0.3 is 19.3 Å². The second kappa shape index (κ2) is 10.3. The molecule has 1 aliphatic rings. The highest BCUT2D eigenvalue weighted by Gasteiger charge is 2.21. The summed E-state index contributed by atoms with van der Waals surface area (Å²) in [7, 11) is 1.58. The van der Waals surface area contributed by atoms with Crippen LogP contribution in [0.4, 0.5) is 0 Å². The third kappa shape index (κ3) is 6.20. The molecule has 0 radical (unpaired) electrons. The number of carbonyl (C=O) groups is 2. The fourth-order valence-electron chi connectivity index (χ4n) is 2.73. The van der Waals surface area contributed by atoms with Crippen LogP contribution in [-0.4, -0.2) is 52.9 Å². The molecule has 0 bridgehead atoms. The second-order valence-electron chi connectivity index (χ2n) is 6.77. The van der Waals surface area contributed by atoms with Gasteiger partial charge in [0, 0.05) is 18.7 Å². The van der Waals surface area contributed by atoms with Gasteiger partial charge in [-0.2, -0.15) is 0 Å². The Hall–Kier alpha value is -3.08. The number of ether oxygens (including phenoxy) is 3. The number of nitrogens with zero attached hydrogens (tertiary/aromatic N) is 2. The zero-order valence-corrected chi connectivity index (χ0v) is 18.1. The molecule has 1 unspecified atom stereocenters. The lowest BCUT2D eigenvalue weighted by atomic mass is 10.2. The highest BCUT2D eigenvalue weighted by molar-refractivity contribution is 8.10. The van der Waals surface area contributed by atoms with E-state index in [1.807, 2.05) is 13.8 Å². The SMILES string of the molecule is COC[C@H](C)Oc1cc(Oc2ccc(C(=O)O)cc2)cc(C(=O)NN2SC=NC2C)c1. The third-order valence-corrected chi connectivity index (χ3v) is 5.05. The Morgan fingerprint density at radius 1 is 1.16 bits per heavy atom. The monoisotopic (exact) mass is 445 g/mol. The van der Waals surface area contributed by atoms with Gasteiger partial charge in [-0.3, -0.25) is 15.2 Å². The molecule has 1 aliphatic heterocycles. The van der Waals surface area contributed by atoms with E-state index in [1.54, 1.807) is 47.4 Å². The molecule has 0 saturated heterocycles. The van der Waals surface area contributed by atoms with Crippen molar-refractivity contribution in [3.8, 4) is 17.2 Å². The fraction of sp³-hybridized carbons (Fsp3) is 0.286. The predicted octanol–water partition coefficient (Wildman–Crippen LogP) is 3.57. The van der Waals surface area contributed by atoms with Crippen LogP contribution in [0.1, 0.15) is 34.6 Å². The lowest BCUT2D eigenvalue weighted by molar-refractivity contribution is 0.0696. The Labute approximate surface area is 184 Å². The maximum Gasteiger partial charge on any atom is 0.335 e. The number of amides is 1. The van der Waals surface area contributed by atoms with Crippen molar-refractivity contribution in [3.05, 3.63) is 53.6 Å². The van der Waals surface area contributed by atoms with E-state index in [4.69, 9.17) is 19.3 Å². The number of rotatable bonds is 9. The van der Waals surface area contributed by atoms with Crippen LogP contribution >= 0.6 is 11.9 Å². The molecule has 2 atom stereocenters. The Morgan fingerprint density at radius 2 is 1.87 bits per heavy atom. The van der Waals surface area contributed by atoms with Crippen molar-refractivity contribution in [2.24, 2.45) is 4.99 Å². The Kier molecular flexibility index (Phi) is 7.50. The van der Waals surface area contributed by atoms with Gasteiger partial charge in [-0.05, 0) is 62.2 Å². The molecule has 0 fully saturated rings. The van der Waals surface area contributed by atoms with Gasteiger partial charge in [0.05, 0.1) is 17.7 Å². The minimum Gasteiger partial charge on any atom is -0.488 e. The first-order valence-electron chi connectivity index (χ1n) is 9.46. The highest BCUT2D eigenvalue weighted by Crippen LogP contribution is 2.29. The van der Waals surface area contributed by atoms with Crippen molar-refractivity contribution in [1.29, 1.82) is 0 Å². The molecule has 0 aliphatic carbocycles. The van der Waals surface area contributed by atoms with Crippen LogP contribution < -0.4 is 14.9 Å². The van der Waals surface area contributed by atoms with Gasteiger partial charge in [-0.15, -0.1) is 4.41 Å². The molecular weight excluding hydrogens is 422 g/mol. The number of nitrogens with one attached hydrogen (secondary N) is 1. The number of methoxy groups -OCH3 is 1. The topological polar surface area (TPSA) is 110 Å². The van der Waals surface area contributed by atoms with Crippen molar-refractivity contribution in [2.75, 3.05) is 13.7 Å². The average molecular weight is 445 g/mol. The molecule has 2 aromatic carbocycles. The van der Waals surface area contributed by atoms with E-state index in [9.17, 15) is 9.59 Å². The lowest BCUT2D eigenvalue weighted by Gasteiger charge is -2.20. The van der Waals surface area contributed by atoms with Crippen molar-refractivity contribution in [1.82, 2.24) is 9.84 Å². The van der Waals surface area contributed by atoms with Crippen LogP contribution in [0.2, 0.25) is 0 Å².